The minimum absolute atomic E-state index is 0.250. The van der Waals surface area contributed by atoms with Crippen LogP contribution in [0.5, 0.6) is 0 Å². The lowest BCUT2D eigenvalue weighted by Crippen LogP contribution is -2.41. The van der Waals surface area contributed by atoms with Crippen molar-refractivity contribution in [1.82, 2.24) is 5.32 Å². The molecule has 2 nitrogen and oxygen atoms in total. The van der Waals surface area contributed by atoms with Gasteiger partial charge in [-0.05, 0) is 39.3 Å². The molecule has 2 unspecified atom stereocenters. The van der Waals surface area contributed by atoms with E-state index in [0.29, 0.717) is 6.04 Å². The molecule has 1 N–H and O–H groups in total. The maximum atomic E-state index is 5.70. The number of hydrogen-bond acceptors (Lipinski definition) is 2. The summed E-state index contributed by atoms with van der Waals surface area (Å²) in [5.41, 5.74) is 2.70. The highest BCUT2D eigenvalue weighted by atomic mass is 16.5. The van der Waals surface area contributed by atoms with Crippen molar-refractivity contribution in [3.05, 3.63) is 35.4 Å². The van der Waals surface area contributed by atoms with E-state index in [9.17, 15) is 0 Å². The lowest BCUT2D eigenvalue weighted by Gasteiger charge is -2.25. The van der Waals surface area contributed by atoms with Crippen LogP contribution in [0.3, 0.4) is 0 Å². The molecule has 0 aromatic heterocycles. The summed E-state index contributed by atoms with van der Waals surface area (Å²) in [6.45, 7) is 10.2. The lowest BCUT2D eigenvalue weighted by atomic mass is 10.0. The maximum Gasteiger partial charge on any atom is 0.0703 e. The molecule has 0 spiro atoms. The van der Waals surface area contributed by atoms with Gasteiger partial charge in [0.15, 0.2) is 0 Å². The molecule has 0 saturated heterocycles. The summed E-state index contributed by atoms with van der Waals surface area (Å²) in [5, 5.41) is 3.51. The molecule has 0 aliphatic heterocycles. The number of hydrogen-bond donors (Lipinski definition) is 1. The molecule has 0 aliphatic rings. The van der Waals surface area contributed by atoms with Crippen LogP contribution in [-0.4, -0.2) is 25.3 Å². The monoisotopic (exact) mass is 235 g/mol. The number of ether oxygens (including phenoxy) is 1. The van der Waals surface area contributed by atoms with Crippen LogP contribution >= 0.6 is 0 Å². The number of rotatable bonds is 7. The van der Waals surface area contributed by atoms with Crippen LogP contribution in [0.25, 0.3) is 0 Å². The highest BCUT2D eigenvalue weighted by molar-refractivity contribution is 5.23. The fraction of sp³-hybridized carbons (Fsp3) is 0.600. The molecule has 0 bridgehead atoms. The first-order chi connectivity index (χ1) is 8.17. The van der Waals surface area contributed by atoms with Crippen molar-refractivity contribution in [1.29, 1.82) is 0 Å². The zero-order valence-electron chi connectivity index (χ0n) is 11.5. The second-order valence-corrected chi connectivity index (χ2v) is 4.52. The van der Waals surface area contributed by atoms with E-state index in [1.165, 1.54) is 11.1 Å². The Kier molecular flexibility index (Phi) is 6.23. The van der Waals surface area contributed by atoms with Gasteiger partial charge in [-0.1, -0.05) is 36.8 Å². The zero-order valence-corrected chi connectivity index (χ0v) is 11.5. The van der Waals surface area contributed by atoms with Crippen molar-refractivity contribution in [2.24, 2.45) is 0 Å². The third kappa shape index (κ3) is 4.88. The third-order valence-corrected chi connectivity index (χ3v) is 3.00. The van der Waals surface area contributed by atoms with E-state index in [1.54, 1.807) is 0 Å². The second kappa shape index (κ2) is 7.46. The summed E-state index contributed by atoms with van der Waals surface area (Å²) < 4.78 is 5.70. The quantitative estimate of drug-likeness (QED) is 0.784. The van der Waals surface area contributed by atoms with E-state index in [2.05, 4.69) is 50.4 Å². The van der Waals surface area contributed by atoms with Crippen LogP contribution in [0.4, 0.5) is 0 Å². The Morgan fingerprint density at radius 1 is 1.29 bits per heavy atom. The second-order valence-electron chi connectivity index (χ2n) is 4.52. The van der Waals surface area contributed by atoms with Crippen LogP contribution in [0, 0.1) is 6.92 Å². The van der Waals surface area contributed by atoms with E-state index < -0.39 is 0 Å². The molecule has 0 heterocycles. The van der Waals surface area contributed by atoms with Gasteiger partial charge in [-0.15, -0.1) is 0 Å². The topological polar surface area (TPSA) is 21.3 Å². The minimum Gasteiger partial charge on any atom is -0.377 e. The molecule has 1 rings (SSSR count). The molecule has 0 radical (unpaired) electrons. The van der Waals surface area contributed by atoms with Gasteiger partial charge in [-0.2, -0.15) is 0 Å². The van der Waals surface area contributed by atoms with Gasteiger partial charge in [-0.3, -0.25) is 0 Å². The molecule has 17 heavy (non-hydrogen) atoms. The van der Waals surface area contributed by atoms with Crippen molar-refractivity contribution in [2.75, 3.05) is 13.2 Å². The number of likely N-dealkylation sites (N-methyl/N-ethyl adjacent to an activating group) is 1. The molecule has 1 aromatic carbocycles. The van der Waals surface area contributed by atoms with Gasteiger partial charge in [0.1, 0.15) is 0 Å². The zero-order chi connectivity index (χ0) is 12.7. The van der Waals surface area contributed by atoms with Crippen molar-refractivity contribution in [3.63, 3.8) is 0 Å². The highest BCUT2D eigenvalue weighted by Crippen LogP contribution is 2.10. The summed E-state index contributed by atoms with van der Waals surface area (Å²) in [4.78, 5) is 0. The first-order valence-corrected chi connectivity index (χ1v) is 6.57. The van der Waals surface area contributed by atoms with Crippen LogP contribution in [-0.2, 0) is 11.2 Å². The van der Waals surface area contributed by atoms with Crippen LogP contribution in [0.2, 0.25) is 0 Å². The average Bonchev–Trinajstić information content (AvgIpc) is 2.29. The highest BCUT2D eigenvalue weighted by Gasteiger charge is 2.16. The Hall–Kier alpha value is -0.860. The molecule has 0 fully saturated rings. The Morgan fingerprint density at radius 3 is 2.65 bits per heavy atom. The van der Waals surface area contributed by atoms with Gasteiger partial charge in [0, 0.05) is 12.6 Å². The summed E-state index contributed by atoms with van der Waals surface area (Å²) in [6, 6.07) is 9.09. The van der Waals surface area contributed by atoms with Gasteiger partial charge in [-0.25, -0.2) is 0 Å². The molecule has 96 valence electrons. The van der Waals surface area contributed by atoms with Crippen molar-refractivity contribution in [3.8, 4) is 0 Å². The Morgan fingerprint density at radius 2 is 2.06 bits per heavy atom. The van der Waals surface area contributed by atoms with Gasteiger partial charge >= 0.3 is 0 Å². The maximum absolute atomic E-state index is 5.70. The predicted octanol–water partition coefficient (Wildman–Crippen LogP) is 2.94. The van der Waals surface area contributed by atoms with Gasteiger partial charge in [0.05, 0.1) is 6.10 Å². The van der Waals surface area contributed by atoms with Crippen LogP contribution < -0.4 is 5.32 Å². The van der Waals surface area contributed by atoms with Gasteiger partial charge in [0.25, 0.3) is 0 Å². The summed E-state index contributed by atoms with van der Waals surface area (Å²) in [6.07, 6.45) is 1.27. The normalized spacial score (nSPS) is 14.6. The van der Waals surface area contributed by atoms with E-state index in [4.69, 9.17) is 4.74 Å². The van der Waals surface area contributed by atoms with Crippen molar-refractivity contribution in [2.45, 2.75) is 46.3 Å². The standard InChI is InChI=1S/C15H25NO/c1-5-16-15(13(4)17-6-2)11-14-9-7-8-12(3)10-14/h7-10,13,15-16H,5-6,11H2,1-4H3. The Labute approximate surface area is 105 Å². The molecule has 0 amide bonds. The van der Waals surface area contributed by atoms with E-state index in [1.807, 2.05) is 6.92 Å². The van der Waals surface area contributed by atoms with E-state index in [0.717, 1.165) is 19.6 Å². The fourth-order valence-electron chi connectivity index (χ4n) is 2.14. The van der Waals surface area contributed by atoms with Crippen LogP contribution in [0.15, 0.2) is 24.3 Å². The first-order valence-electron chi connectivity index (χ1n) is 6.57. The molecule has 1 aromatic rings. The Bertz CT molecular complexity index is 324. The Balaban J connectivity index is 2.65. The number of nitrogens with one attached hydrogen (secondary N) is 1. The van der Waals surface area contributed by atoms with E-state index >= 15 is 0 Å². The third-order valence-electron chi connectivity index (χ3n) is 3.00. The summed E-state index contributed by atoms with van der Waals surface area (Å²) in [7, 11) is 0. The lowest BCUT2D eigenvalue weighted by molar-refractivity contribution is 0.0480. The summed E-state index contributed by atoms with van der Waals surface area (Å²) >= 11 is 0. The minimum atomic E-state index is 0.250. The molecule has 0 saturated carbocycles. The molecule has 2 atom stereocenters. The largest absolute Gasteiger partial charge is 0.377 e. The number of benzene rings is 1. The summed E-state index contributed by atoms with van der Waals surface area (Å²) in [5.74, 6) is 0. The van der Waals surface area contributed by atoms with Gasteiger partial charge in [0.2, 0.25) is 0 Å². The molecular weight excluding hydrogens is 210 g/mol. The predicted molar refractivity (Wildman–Crippen MR) is 73.4 cm³/mol. The number of aryl methyl sites for hydroxylation is 1. The molecular formula is C15H25NO. The van der Waals surface area contributed by atoms with Crippen molar-refractivity contribution < 1.29 is 4.74 Å². The fourth-order valence-corrected chi connectivity index (χ4v) is 2.14. The molecule has 0 aliphatic carbocycles. The average molecular weight is 235 g/mol. The smallest absolute Gasteiger partial charge is 0.0703 e. The van der Waals surface area contributed by atoms with E-state index in [-0.39, 0.29) is 6.10 Å². The van der Waals surface area contributed by atoms with Crippen LogP contribution in [0.1, 0.15) is 31.9 Å². The first kappa shape index (κ1) is 14.2. The van der Waals surface area contributed by atoms with Gasteiger partial charge < -0.3 is 10.1 Å². The SMILES string of the molecule is CCNC(Cc1cccc(C)c1)C(C)OCC. The van der Waals surface area contributed by atoms with Crippen molar-refractivity contribution >= 4 is 0 Å². The molecule has 2 heteroatoms.